The number of hydrogen-bond acceptors (Lipinski definition) is 0. The number of hydrogen-bond donors (Lipinski definition) is 0. The van der Waals surface area contributed by atoms with Gasteiger partial charge in [0.1, 0.15) is 0 Å². The zero-order valence-electron chi connectivity index (χ0n) is 11.6. The van der Waals surface area contributed by atoms with Gasteiger partial charge in [-0.05, 0) is 68.4 Å². The molecule has 0 aromatic heterocycles. The standard InChI is InChI=1S/C16H26/c1-6-7-8-9-10-16-11-12(2)13(3)14(4)15(16)5/h11H,6-10H2,1-5H3. The van der Waals surface area contributed by atoms with E-state index in [1.165, 1.54) is 54.4 Å². The van der Waals surface area contributed by atoms with Crippen LogP contribution in [0.4, 0.5) is 0 Å². The first-order valence-corrected chi connectivity index (χ1v) is 6.64. The van der Waals surface area contributed by atoms with Crippen LogP contribution < -0.4 is 0 Å². The van der Waals surface area contributed by atoms with E-state index in [9.17, 15) is 0 Å². The molecule has 0 unspecified atom stereocenters. The minimum atomic E-state index is 1.26. The van der Waals surface area contributed by atoms with Crippen LogP contribution in [0.25, 0.3) is 0 Å². The van der Waals surface area contributed by atoms with Crippen LogP contribution in [-0.4, -0.2) is 0 Å². The minimum absolute atomic E-state index is 1.26. The van der Waals surface area contributed by atoms with Gasteiger partial charge in [0.2, 0.25) is 0 Å². The van der Waals surface area contributed by atoms with Crippen molar-refractivity contribution in [3.63, 3.8) is 0 Å². The van der Waals surface area contributed by atoms with Gasteiger partial charge in [0, 0.05) is 0 Å². The quantitative estimate of drug-likeness (QED) is 0.607. The summed E-state index contributed by atoms with van der Waals surface area (Å²) in [5, 5.41) is 0. The summed E-state index contributed by atoms with van der Waals surface area (Å²) in [5.41, 5.74) is 7.49. The highest BCUT2D eigenvalue weighted by Crippen LogP contribution is 2.22. The second kappa shape index (κ2) is 6.08. The van der Waals surface area contributed by atoms with Gasteiger partial charge in [-0.25, -0.2) is 0 Å². The smallest absolute Gasteiger partial charge is 0.0276 e. The van der Waals surface area contributed by atoms with E-state index < -0.39 is 0 Å². The van der Waals surface area contributed by atoms with E-state index in [1.807, 2.05) is 0 Å². The molecular formula is C16H26. The third kappa shape index (κ3) is 3.10. The molecule has 0 aliphatic heterocycles. The first-order valence-electron chi connectivity index (χ1n) is 6.64. The van der Waals surface area contributed by atoms with Crippen LogP contribution >= 0.6 is 0 Å². The fourth-order valence-electron chi connectivity index (χ4n) is 2.30. The molecule has 0 saturated carbocycles. The highest BCUT2D eigenvalue weighted by molar-refractivity contribution is 5.43. The lowest BCUT2D eigenvalue weighted by Crippen LogP contribution is -1.98. The lowest BCUT2D eigenvalue weighted by Gasteiger charge is -2.14. The Morgan fingerprint density at radius 2 is 1.50 bits per heavy atom. The van der Waals surface area contributed by atoms with Gasteiger partial charge in [0.25, 0.3) is 0 Å². The van der Waals surface area contributed by atoms with E-state index in [1.54, 1.807) is 5.56 Å². The molecule has 0 spiro atoms. The predicted octanol–water partition coefficient (Wildman–Crippen LogP) is 5.04. The summed E-state index contributed by atoms with van der Waals surface area (Å²) in [6.07, 6.45) is 6.68. The molecular weight excluding hydrogens is 192 g/mol. The summed E-state index contributed by atoms with van der Waals surface area (Å²) in [6.45, 7) is 11.3. The Morgan fingerprint density at radius 1 is 0.812 bits per heavy atom. The van der Waals surface area contributed by atoms with Gasteiger partial charge in [0.05, 0.1) is 0 Å². The summed E-state index contributed by atoms with van der Waals surface area (Å²) in [5.74, 6) is 0. The minimum Gasteiger partial charge on any atom is -0.0654 e. The maximum atomic E-state index is 2.39. The normalized spacial score (nSPS) is 10.8. The average molecular weight is 218 g/mol. The van der Waals surface area contributed by atoms with Crippen molar-refractivity contribution >= 4 is 0 Å². The Kier molecular flexibility index (Phi) is 5.05. The van der Waals surface area contributed by atoms with E-state index in [4.69, 9.17) is 0 Å². The largest absolute Gasteiger partial charge is 0.0654 e. The topological polar surface area (TPSA) is 0 Å². The molecule has 90 valence electrons. The highest BCUT2D eigenvalue weighted by Gasteiger charge is 2.06. The molecule has 0 radical (unpaired) electrons. The molecule has 0 atom stereocenters. The average Bonchev–Trinajstić information content (AvgIpc) is 2.28. The van der Waals surface area contributed by atoms with Gasteiger partial charge in [0.15, 0.2) is 0 Å². The lowest BCUT2D eigenvalue weighted by atomic mass is 9.92. The first kappa shape index (κ1) is 13.3. The van der Waals surface area contributed by atoms with Crippen molar-refractivity contribution in [2.24, 2.45) is 0 Å². The number of rotatable bonds is 5. The van der Waals surface area contributed by atoms with E-state index in [-0.39, 0.29) is 0 Å². The third-order valence-electron chi connectivity index (χ3n) is 3.89. The Bertz CT molecular complexity index is 348. The van der Waals surface area contributed by atoms with Crippen LogP contribution in [-0.2, 0) is 6.42 Å². The van der Waals surface area contributed by atoms with Crippen LogP contribution in [0.3, 0.4) is 0 Å². The fourth-order valence-corrected chi connectivity index (χ4v) is 2.30. The van der Waals surface area contributed by atoms with E-state index in [0.29, 0.717) is 0 Å². The van der Waals surface area contributed by atoms with Crippen LogP contribution in [0.15, 0.2) is 6.07 Å². The van der Waals surface area contributed by atoms with Gasteiger partial charge in [-0.2, -0.15) is 0 Å². The maximum absolute atomic E-state index is 2.39. The van der Waals surface area contributed by atoms with Crippen LogP contribution in [0, 0.1) is 27.7 Å². The molecule has 0 fully saturated rings. The summed E-state index contributed by atoms with van der Waals surface area (Å²) in [4.78, 5) is 0. The van der Waals surface area contributed by atoms with E-state index >= 15 is 0 Å². The summed E-state index contributed by atoms with van der Waals surface area (Å²) in [6, 6.07) is 2.39. The molecule has 0 nitrogen and oxygen atoms in total. The van der Waals surface area contributed by atoms with Crippen molar-refractivity contribution in [3.05, 3.63) is 33.9 Å². The van der Waals surface area contributed by atoms with E-state index in [0.717, 1.165) is 0 Å². The molecule has 0 saturated heterocycles. The van der Waals surface area contributed by atoms with Crippen LogP contribution in [0.2, 0.25) is 0 Å². The highest BCUT2D eigenvalue weighted by atomic mass is 14.1. The molecule has 0 amide bonds. The molecule has 0 heteroatoms. The van der Waals surface area contributed by atoms with Crippen molar-refractivity contribution in [3.8, 4) is 0 Å². The molecule has 0 bridgehead atoms. The Labute approximate surface area is 101 Å². The monoisotopic (exact) mass is 218 g/mol. The summed E-state index contributed by atoms with van der Waals surface area (Å²) < 4.78 is 0. The third-order valence-corrected chi connectivity index (χ3v) is 3.89. The Morgan fingerprint density at radius 3 is 2.12 bits per heavy atom. The van der Waals surface area contributed by atoms with Crippen molar-refractivity contribution in [2.75, 3.05) is 0 Å². The molecule has 1 aromatic carbocycles. The summed E-state index contributed by atoms with van der Waals surface area (Å²) >= 11 is 0. The second-order valence-electron chi connectivity index (χ2n) is 5.04. The number of unbranched alkanes of at least 4 members (excludes halogenated alkanes) is 3. The Hall–Kier alpha value is -0.780. The molecule has 1 rings (SSSR count). The fraction of sp³-hybridized carbons (Fsp3) is 0.625. The molecule has 0 aliphatic carbocycles. The van der Waals surface area contributed by atoms with Gasteiger partial charge >= 0.3 is 0 Å². The van der Waals surface area contributed by atoms with Crippen molar-refractivity contribution in [1.29, 1.82) is 0 Å². The zero-order chi connectivity index (χ0) is 12.1. The molecule has 0 aliphatic rings. The van der Waals surface area contributed by atoms with Crippen molar-refractivity contribution < 1.29 is 0 Å². The Balaban J connectivity index is 2.73. The predicted molar refractivity (Wildman–Crippen MR) is 73.2 cm³/mol. The van der Waals surface area contributed by atoms with Crippen LogP contribution in [0.5, 0.6) is 0 Å². The SMILES string of the molecule is CCCCCCc1cc(C)c(C)c(C)c1C. The molecule has 0 heterocycles. The van der Waals surface area contributed by atoms with Crippen molar-refractivity contribution in [1.82, 2.24) is 0 Å². The molecule has 1 aromatic rings. The van der Waals surface area contributed by atoms with Gasteiger partial charge < -0.3 is 0 Å². The van der Waals surface area contributed by atoms with Gasteiger partial charge in [-0.1, -0.05) is 32.3 Å². The van der Waals surface area contributed by atoms with Gasteiger partial charge in [-0.3, -0.25) is 0 Å². The van der Waals surface area contributed by atoms with Crippen LogP contribution in [0.1, 0.15) is 60.4 Å². The maximum Gasteiger partial charge on any atom is -0.0276 e. The first-order chi connectivity index (χ1) is 7.57. The number of benzene rings is 1. The van der Waals surface area contributed by atoms with Crippen molar-refractivity contribution in [2.45, 2.75) is 66.7 Å². The molecule has 16 heavy (non-hydrogen) atoms. The second-order valence-corrected chi connectivity index (χ2v) is 5.04. The number of aryl methyl sites for hydroxylation is 2. The lowest BCUT2D eigenvalue weighted by molar-refractivity contribution is 0.665. The summed E-state index contributed by atoms with van der Waals surface area (Å²) in [7, 11) is 0. The zero-order valence-corrected chi connectivity index (χ0v) is 11.6. The molecule has 0 N–H and O–H groups in total. The van der Waals surface area contributed by atoms with E-state index in [2.05, 4.69) is 40.7 Å². The van der Waals surface area contributed by atoms with Gasteiger partial charge in [-0.15, -0.1) is 0 Å².